The number of fused-ring (bicyclic) bond motifs is 4. The molecule has 0 radical (unpaired) electrons. The first-order chi connectivity index (χ1) is 18.4. The van der Waals surface area contributed by atoms with E-state index in [1.54, 1.807) is 0 Å². The molecule has 196 valence electrons. The molecule has 1 heterocycles. The molecular formula is C32H31EuN5S+. The van der Waals surface area contributed by atoms with Gasteiger partial charge in [-0.15, -0.1) is 70.8 Å². The summed E-state index contributed by atoms with van der Waals surface area (Å²) < 4.78 is 0. The van der Waals surface area contributed by atoms with Gasteiger partial charge in [-0.2, -0.15) is 4.99 Å². The molecule has 7 heteroatoms. The third-order valence-corrected chi connectivity index (χ3v) is 6.54. The summed E-state index contributed by atoms with van der Waals surface area (Å²) in [6.45, 7) is 9.89. The molecule has 0 aromatic heterocycles. The maximum Gasteiger partial charge on any atom is 3.00 e. The fourth-order valence-electron chi connectivity index (χ4n) is 4.24. The molecular weight excluding hydrogens is 638 g/mol. The number of hydrogen-bond donors (Lipinski definition) is 0. The topological polar surface area (TPSA) is 61.8 Å². The fourth-order valence-corrected chi connectivity index (χ4v) is 4.35. The van der Waals surface area contributed by atoms with Crippen LogP contribution in [0.1, 0.15) is 55.5 Å². The minimum atomic E-state index is -0.0537. The van der Waals surface area contributed by atoms with E-state index in [0.29, 0.717) is 19.6 Å². The largest absolute Gasteiger partial charge is 3.00 e. The van der Waals surface area contributed by atoms with Gasteiger partial charge in [0.2, 0.25) is 0 Å². The second-order valence-corrected chi connectivity index (χ2v) is 9.44. The predicted molar refractivity (Wildman–Crippen MR) is 163 cm³/mol. The first kappa shape index (κ1) is 31.3. The summed E-state index contributed by atoms with van der Waals surface area (Å²) in [7, 11) is 0. The van der Waals surface area contributed by atoms with Gasteiger partial charge in [0.25, 0.3) is 0 Å². The number of rotatable bonds is 3. The summed E-state index contributed by atoms with van der Waals surface area (Å²) in [5, 5.41) is 2.42. The zero-order valence-electron chi connectivity index (χ0n) is 22.7. The summed E-state index contributed by atoms with van der Waals surface area (Å²) in [4.78, 5) is 23.6. The Kier molecular flexibility index (Phi) is 12.4. The van der Waals surface area contributed by atoms with E-state index in [4.69, 9.17) is 32.2 Å². The average molecular weight is 670 g/mol. The second kappa shape index (κ2) is 15.5. The van der Waals surface area contributed by atoms with Crippen molar-refractivity contribution < 1.29 is 49.4 Å². The number of aliphatic imine (C=N–C) groups is 5. The molecule has 0 amide bonds. The molecule has 5 nitrogen and oxygen atoms in total. The van der Waals surface area contributed by atoms with Crippen molar-refractivity contribution >= 4 is 45.9 Å². The van der Waals surface area contributed by atoms with Crippen molar-refractivity contribution in [1.82, 2.24) is 0 Å². The third kappa shape index (κ3) is 9.13. The van der Waals surface area contributed by atoms with Gasteiger partial charge >= 0.3 is 49.4 Å². The van der Waals surface area contributed by atoms with Crippen LogP contribution < -0.4 is 0 Å². The normalized spacial score (nSPS) is 16.2. The zero-order chi connectivity index (χ0) is 26.9. The van der Waals surface area contributed by atoms with Gasteiger partial charge in [0.1, 0.15) is 0 Å². The van der Waals surface area contributed by atoms with Crippen LogP contribution in [0.5, 0.6) is 0 Å². The molecule has 3 aromatic rings. The number of thiocarbonyl (C=S) groups is 1. The average Bonchev–Trinajstić information content (AvgIpc) is 2.94. The maximum absolute atomic E-state index is 5.13. The van der Waals surface area contributed by atoms with Gasteiger partial charge in [-0.05, 0) is 59.2 Å². The van der Waals surface area contributed by atoms with Crippen LogP contribution in [0.2, 0.25) is 0 Å². The molecule has 0 saturated carbocycles. The Morgan fingerprint density at radius 3 is 1.74 bits per heavy atom. The van der Waals surface area contributed by atoms with Crippen molar-refractivity contribution in [1.29, 1.82) is 0 Å². The summed E-state index contributed by atoms with van der Waals surface area (Å²) in [6, 6.07) is 27.2. The first-order valence-electron chi connectivity index (χ1n) is 12.7. The van der Waals surface area contributed by atoms with E-state index in [9.17, 15) is 0 Å². The van der Waals surface area contributed by atoms with Gasteiger partial charge < -0.3 is 20.0 Å². The standard InChI is InChI=1S/C32H31N5S.Eu/c1-22-27-7-5-9-29(18-27)24(3)35-20-32(17-26-11-13-31(14-12-26)36-21-38)37-25(4)30-10-6-8-28(19-30)23(2)34-16-15-33-22;/h5-14,32H,15-17,20H2,1-4H3;/q-2;+3. The maximum atomic E-state index is 5.13. The van der Waals surface area contributed by atoms with Crippen LogP contribution in [0.4, 0.5) is 5.69 Å². The Hall–Kier alpha value is -2.28. The minimum Gasteiger partial charge on any atom is -0.326 e. The molecule has 0 spiro atoms. The van der Waals surface area contributed by atoms with Crippen molar-refractivity contribution in [3.8, 4) is 0 Å². The molecule has 4 rings (SSSR count). The molecule has 1 aliphatic heterocycles. The first-order valence-corrected chi connectivity index (χ1v) is 13.1. The molecule has 1 atom stereocenters. The van der Waals surface area contributed by atoms with Gasteiger partial charge in [-0.25, -0.2) is 0 Å². The summed E-state index contributed by atoms with van der Waals surface area (Å²) in [6.07, 6.45) is 0.741. The van der Waals surface area contributed by atoms with E-state index in [2.05, 4.69) is 34.4 Å². The number of benzene rings is 3. The van der Waals surface area contributed by atoms with Crippen LogP contribution in [0, 0.1) is 61.5 Å². The molecule has 0 N–H and O–H groups in total. The van der Waals surface area contributed by atoms with E-state index in [0.717, 1.165) is 62.8 Å². The predicted octanol–water partition coefficient (Wildman–Crippen LogP) is 6.58. The van der Waals surface area contributed by atoms with Crippen LogP contribution in [0.15, 0.2) is 85.6 Å². The second-order valence-electron chi connectivity index (χ2n) is 9.26. The Balaban J connectivity index is 0.00000420. The zero-order valence-corrected chi connectivity index (χ0v) is 25.9. The Labute approximate surface area is 278 Å². The summed E-state index contributed by atoms with van der Waals surface area (Å²) in [5.41, 5.74) is 9.57. The SMILES string of the molecule is CC1=NCCN=C(C)c2[c-]c(ccc2)C(C)=NC(Cc2ccc(N=C=S)cc2)CN=C(C)c2[c-]c1ccc2.[Eu+3]. The summed E-state index contributed by atoms with van der Waals surface area (Å²) in [5.74, 6) is 0. The molecule has 4 bridgehead atoms. The molecule has 3 aromatic carbocycles. The van der Waals surface area contributed by atoms with Crippen LogP contribution >= 0.6 is 12.2 Å². The number of isothiocyanates is 1. The smallest absolute Gasteiger partial charge is 0.326 e. The van der Waals surface area contributed by atoms with Crippen molar-refractivity contribution in [2.45, 2.75) is 40.2 Å². The quantitative estimate of drug-likeness (QED) is 0.177. The van der Waals surface area contributed by atoms with Crippen molar-refractivity contribution in [3.05, 3.63) is 101 Å². The third-order valence-electron chi connectivity index (χ3n) is 6.45. The van der Waals surface area contributed by atoms with Crippen LogP contribution in [-0.2, 0) is 6.42 Å². The minimum absolute atomic E-state index is 0. The molecule has 0 saturated heterocycles. The van der Waals surface area contributed by atoms with Gasteiger partial charge in [0, 0.05) is 13.1 Å². The monoisotopic (exact) mass is 670 g/mol. The Morgan fingerprint density at radius 1 is 0.744 bits per heavy atom. The van der Waals surface area contributed by atoms with Crippen molar-refractivity contribution in [2.24, 2.45) is 25.0 Å². The molecule has 1 unspecified atom stereocenters. The van der Waals surface area contributed by atoms with Crippen molar-refractivity contribution in [3.63, 3.8) is 0 Å². The van der Waals surface area contributed by atoms with Crippen LogP contribution in [0.25, 0.3) is 0 Å². The van der Waals surface area contributed by atoms with Gasteiger partial charge in [0.05, 0.1) is 23.4 Å². The van der Waals surface area contributed by atoms with E-state index >= 15 is 0 Å². The Bertz CT molecular complexity index is 1460. The van der Waals surface area contributed by atoms with Crippen LogP contribution in [0.3, 0.4) is 0 Å². The van der Waals surface area contributed by atoms with E-state index in [-0.39, 0.29) is 55.4 Å². The van der Waals surface area contributed by atoms with Gasteiger partial charge in [-0.3, -0.25) is 0 Å². The number of hydrogen-bond acceptors (Lipinski definition) is 6. The van der Waals surface area contributed by atoms with Gasteiger partial charge in [-0.1, -0.05) is 39.8 Å². The van der Waals surface area contributed by atoms with Crippen LogP contribution in [-0.4, -0.2) is 53.7 Å². The number of nitrogens with zero attached hydrogens (tertiary/aromatic N) is 5. The van der Waals surface area contributed by atoms with Gasteiger partial charge in [0.15, 0.2) is 0 Å². The van der Waals surface area contributed by atoms with E-state index < -0.39 is 0 Å². The van der Waals surface area contributed by atoms with E-state index in [1.165, 1.54) is 0 Å². The molecule has 0 aliphatic carbocycles. The fraction of sp³-hybridized carbons (Fsp3) is 0.281. The van der Waals surface area contributed by atoms with Crippen molar-refractivity contribution in [2.75, 3.05) is 19.6 Å². The summed E-state index contributed by atoms with van der Waals surface area (Å²) >= 11 is 4.73. The molecule has 39 heavy (non-hydrogen) atoms. The molecule has 1 aliphatic rings. The molecule has 0 fully saturated rings. The Morgan fingerprint density at radius 2 is 1.23 bits per heavy atom. The van der Waals surface area contributed by atoms with E-state index in [1.807, 2.05) is 76.2 Å².